The molecule has 1 aliphatic rings. The first-order valence-corrected chi connectivity index (χ1v) is 8.28. The number of hydrogen-bond acceptors (Lipinski definition) is 5. The standard InChI is InChI=1S/C16H14O3S2/c1-7-5-20-9(3)11(7)13-14(16(18)19-15(13)17)12-8(2)6-21-10(12)4/h5-6H,1-4H3. The summed E-state index contributed by atoms with van der Waals surface area (Å²) < 4.78 is 4.91. The Morgan fingerprint density at radius 3 is 1.43 bits per heavy atom. The van der Waals surface area contributed by atoms with Gasteiger partial charge < -0.3 is 4.74 Å². The van der Waals surface area contributed by atoms with E-state index in [-0.39, 0.29) is 0 Å². The molecule has 0 N–H and O–H groups in total. The number of rotatable bonds is 2. The number of hydrogen-bond donors (Lipinski definition) is 0. The van der Waals surface area contributed by atoms with Gasteiger partial charge in [-0.05, 0) is 49.6 Å². The molecule has 0 radical (unpaired) electrons. The first-order chi connectivity index (χ1) is 9.91. The van der Waals surface area contributed by atoms with Gasteiger partial charge >= 0.3 is 11.9 Å². The second-order valence-electron chi connectivity index (χ2n) is 5.13. The van der Waals surface area contributed by atoms with Crippen molar-refractivity contribution in [3.63, 3.8) is 0 Å². The van der Waals surface area contributed by atoms with Gasteiger partial charge in [-0.25, -0.2) is 9.59 Å². The summed E-state index contributed by atoms with van der Waals surface area (Å²) in [6.45, 7) is 7.82. The molecule has 5 heteroatoms. The van der Waals surface area contributed by atoms with Crippen molar-refractivity contribution in [2.45, 2.75) is 27.7 Å². The average molecular weight is 318 g/mol. The minimum Gasteiger partial charge on any atom is -0.386 e. The van der Waals surface area contributed by atoms with E-state index in [1.165, 1.54) is 0 Å². The Kier molecular flexibility index (Phi) is 3.34. The van der Waals surface area contributed by atoms with Crippen molar-refractivity contribution in [1.29, 1.82) is 0 Å². The summed E-state index contributed by atoms with van der Waals surface area (Å²) in [6.07, 6.45) is 0. The lowest BCUT2D eigenvalue weighted by molar-refractivity contribution is -0.149. The zero-order valence-electron chi connectivity index (χ0n) is 12.2. The van der Waals surface area contributed by atoms with Crippen molar-refractivity contribution in [2.24, 2.45) is 0 Å². The van der Waals surface area contributed by atoms with E-state index < -0.39 is 11.9 Å². The smallest absolute Gasteiger partial charge is 0.347 e. The van der Waals surface area contributed by atoms with E-state index in [2.05, 4.69) is 0 Å². The zero-order chi connectivity index (χ0) is 15.3. The van der Waals surface area contributed by atoms with Crippen LogP contribution < -0.4 is 0 Å². The number of carbonyl (C=O) groups excluding carboxylic acids is 2. The monoisotopic (exact) mass is 318 g/mol. The van der Waals surface area contributed by atoms with Crippen molar-refractivity contribution in [2.75, 3.05) is 0 Å². The molecule has 3 heterocycles. The molecule has 108 valence electrons. The van der Waals surface area contributed by atoms with Gasteiger partial charge in [0.05, 0.1) is 11.1 Å². The number of esters is 2. The summed E-state index contributed by atoms with van der Waals surface area (Å²) in [5.74, 6) is -1.07. The fourth-order valence-electron chi connectivity index (χ4n) is 2.74. The van der Waals surface area contributed by atoms with Crippen molar-refractivity contribution >= 4 is 45.8 Å². The van der Waals surface area contributed by atoms with Crippen LogP contribution in [0.25, 0.3) is 11.1 Å². The molecule has 0 unspecified atom stereocenters. The van der Waals surface area contributed by atoms with Crippen LogP contribution >= 0.6 is 22.7 Å². The number of thiophene rings is 2. The van der Waals surface area contributed by atoms with E-state index in [9.17, 15) is 9.59 Å². The number of aryl methyl sites for hydroxylation is 4. The molecule has 0 aromatic carbocycles. The highest BCUT2D eigenvalue weighted by Crippen LogP contribution is 2.41. The number of ether oxygens (including phenoxy) is 1. The molecule has 0 saturated heterocycles. The van der Waals surface area contributed by atoms with E-state index in [1.807, 2.05) is 38.5 Å². The summed E-state index contributed by atoms with van der Waals surface area (Å²) in [5, 5.41) is 4.00. The highest BCUT2D eigenvalue weighted by molar-refractivity contribution is 7.10. The van der Waals surface area contributed by atoms with Gasteiger partial charge in [0.2, 0.25) is 0 Å². The predicted molar refractivity (Wildman–Crippen MR) is 85.5 cm³/mol. The van der Waals surface area contributed by atoms with Gasteiger partial charge in [0, 0.05) is 20.9 Å². The second-order valence-corrected chi connectivity index (χ2v) is 7.29. The molecular weight excluding hydrogens is 304 g/mol. The van der Waals surface area contributed by atoms with E-state index in [4.69, 9.17) is 4.74 Å². The van der Waals surface area contributed by atoms with Crippen LogP contribution in [0, 0.1) is 27.7 Å². The molecule has 0 amide bonds. The summed E-state index contributed by atoms with van der Waals surface area (Å²) in [7, 11) is 0. The molecule has 1 aliphatic heterocycles. The van der Waals surface area contributed by atoms with E-state index in [0.717, 1.165) is 32.0 Å². The van der Waals surface area contributed by atoms with E-state index in [0.29, 0.717) is 11.1 Å². The first-order valence-electron chi connectivity index (χ1n) is 6.52. The molecule has 0 saturated carbocycles. The summed E-state index contributed by atoms with van der Waals surface area (Å²) >= 11 is 3.16. The molecular formula is C16H14O3S2. The van der Waals surface area contributed by atoms with Crippen molar-refractivity contribution in [3.8, 4) is 0 Å². The van der Waals surface area contributed by atoms with Crippen LogP contribution in [0.1, 0.15) is 32.0 Å². The quantitative estimate of drug-likeness (QED) is 0.620. The van der Waals surface area contributed by atoms with Gasteiger partial charge in [0.15, 0.2) is 0 Å². The van der Waals surface area contributed by atoms with Crippen LogP contribution in [-0.4, -0.2) is 11.9 Å². The van der Waals surface area contributed by atoms with Gasteiger partial charge in [-0.15, -0.1) is 22.7 Å². The van der Waals surface area contributed by atoms with Crippen molar-refractivity contribution < 1.29 is 14.3 Å². The molecule has 0 fully saturated rings. The summed E-state index contributed by atoms with van der Waals surface area (Å²) in [4.78, 5) is 26.5. The third kappa shape index (κ3) is 2.08. The zero-order valence-corrected chi connectivity index (χ0v) is 13.8. The predicted octanol–water partition coefficient (Wildman–Crippen LogP) is 4.04. The average Bonchev–Trinajstić information content (AvgIpc) is 3.00. The molecule has 2 aromatic heterocycles. The molecule has 3 nitrogen and oxygen atoms in total. The lowest BCUT2D eigenvalue weighted by atomic mass is 9.93. The Hall–Kier alpha value is -1.72. The van der Waals surface area contributed by atoms with Crippen molar-refractivity contribution in [1.82, 2.24) is 0 Å². The fraction of sp³-hybridized carbons (Fsp3) is 0.250. The third-order valence-corrected chi connectivity index (χ3v) is 5.72. The van der Waals surface area contributed by atoms with Gasteiger partial charge in [0.1, 0.15) is 0 Å². The first kappa shape index (κ1) is 14.2. The van der Waals surface area contributed by atoms with Crippen LogP contribution in [0.5, 0.6) is 0 Å². The maximum Gasteiger partial charge on any atom is 0.347 e. The Morgan fingerprint density at radius 1 is 0.762 bits per heavy atom. The SMILES string of the molecule is Cc1csc(C)c1C1=C(c2c(C)csc2C)C(=O)OC1=O. The Balaban J connectivity index is 2.37. The molecule has 0 spiro atoms. The van der Waals surface area contributed by atoms with E-state index >= 15 is 0 Å². The van der Waals surface area contributed by atoms with Crippen LogP contribution in [-0.2, 0) is 14.3 Å². The number of carbonyl (C=O) groups is 2. The molecule has 0 atom stereocenters. The van der Waals surface area contributed by atoms with Gasteiger partial charge in [-0.2, -0.15) is 0 Å². The maximum absolute atomic E-state index is 12.2. The molecule has 0 aliphatic carbocycles. The second kappa shape index (κ2) is 4.93. The summed E-state index contributed by atoms with van der Waals surface area (Å²) in [5.41, 5.74) is 4.53. The largest absolute Gasteiger partial charge is 0.386 e. The highest BCUT2D eigenvalue weighted by Gasteiger charge is 2.38. The maximum atomic E-state index is 12.2. The van der Waals surface area contributed by atoms with E-state index in [1.54, 1.807) is 22.7 Å². The lowest BCUT2D eigenvalue weighted by Crippen LogP contribution is -2.02. The van der Waals surface area contributed by atoms with Crippen LogP contribution in [0.2, 0.25) is 0 Å². The van der Waals surface area contributed by atoms with Crippen LogP contribution in [0.15, 0.2) is 10.8 Å². The molecule has 3 rings (SSSR count). The molecule has 2 aromatic rings. The Labute approximate surface area is 130 Å². The fourth-order valence-corrected chi connectivity index (χ4v) is 4.44. The normalized spacial score (nSPS) is 15.0. The summed E-state index contributed by atoms with van der Waals surface area (Å²) in [6, 6.07) is 0. The van der Waals surface area contributed by atoms with Crippen molar-refractivity contribution in [3.05, 3.63) is 42.8 Å². The van der Waals surface area contributed by atoms with Gasteiger partial charge in [0.25, 0.3) is 0 Å². The third-order valence-electron chi connectivity index (χ3n) is 3.66. The molecule has 21 heavy (non-hydrogen) atoms. The Bertz CT molecular complexity index is 700. The highest BCUT2D eigenvalue weighted by atomic mass is 32.1. The number of cyclic esters (lactones) is 2. The molecule has 0 bridgehead atoms. The van der Waals surface area contributed by atoms with Gasteiger partial charge in [-0.1, -0.05) is 0 Å². The van der Waals surface area contributed by atoms with Crippen LogP contribution in [0.4, 0.5) is 0 Å². The minimum atomic E-state index is -0.537. The lowest BCUT2D eigenvalue weighted by Gasteiger charge is -2.05. The minimum absolute atomic E-state index is 0.417. The van der Waals surface area contributed by atoms with Gasteiger partial charge in [-0.3, -0.25) is 0 Å². The Morgan fingerprint density at radius 2 is 1.14 bits per heavy atom. The topological polar surface area (TPSA) is 43.4 Å². The van der Waals surface area contributed by atoms with Crippen LogP contribution in [0.3, 0.4) is 0 Å².